The van der Waals surface area contributed by atoms with Crippen LogP contribution in [-0.4, -0.2) is 30.5 Å². The topological polar surface area (TPSA) is 50.7 Å². The largest absolute Gasteiger partial charge is 0.304 e. The minimum atomic E-state index is -0.763. The van der Waals surface area contributed by atoms with E-state index in [0.29, 0.717) is 4.77 Å². The summed E-state index contributed by atoms with van der Waals surface area (Å²) in [5.74, 6) is 0.879. The molecule has 1 N–H and O–H groups in total. The summed E-state index contributed by atoms with van der Waals surface area (Å²) in [5.41, 5.74) is 0. The Morgan fingerprint density at radius 3 is 2.79 bits per heavy atom. The van der Waals surface area contributed by atoms with E-state index in [0.717, 1.165) is 18.8 Å². The number of nitrogens with zero attached hydrogens (tertiary/aromatic N) is 2. The van der Waals surface area contributed by atoms with Gasteiger partial charge in [-0.15, -0.1) is 0 Å². The van der Waals surface area contributed by atoms with Crippen molar-refractivity contribution >= 4 is 23.0 Å². The smallest absolute Gasteiger partial charge is 0.195 e. The fourth-order valence-electron chi connectivity index (χ4n) is 1.14. The van der Waals surface area contributed by atoms with Gasteiger partial charge in [-0.1, -0.05) is 6.92 Å². The maximum atomic E-state index is 11.1. The number of aryl methyl sites for hydroxylation is 1. The monoisotopic (exact) mass is 233 g/mol. The van der Waals surface area contributed by atoms with Gasteiger partial charge in [-0.2, -0.15) is 5.10 Å². The molecule has 1 rings (SSSR count). The van der Waals surface area contributed by atoms with Crippen LogP contribution in [0.3, 0.4) is 0 Å². The van der Waals surface area contributed by atoms with Crippen LogP contribution in [-0.2, 0) is 17.3 Å². The molecule has 1 aromatic rings. The van der Waals surface area contributed by atoms with Gasteiger partial charge in [0.05, 0.1) is 0 Å². The Balaban J connectivity index is 2.62. The molecule has 0 radical (unpaired) electrons. The van der Waals surface area contributed by atoms with Crippen LogP contribution in [0.1, 0.15) is 19.2 Å². The number of aromatic nitrogens is 3. The van der Waals surface area contributed by atoms with Gasteiger partial charge in [0, 0.05) is 28.9 Å². The number of nitrogens with one attached hydrogen (secondary N) is 1. The molecule has 0 saturated carbocycles. The summed E-state index contributed by atoms with van der Waals surface area (Å²) in [6, 6.07) is 0. The number of aromatic amines is 1. The first-order valence-corrected chi connectivity index (χ1v) is 6.49. The second-order valence-corrected chi connectivity index (χ2v) is 5.51. The first kappa shape index (κ1) is 11.6. The van der Waals surface area contributed by atoms with Crippen molar-refractivity contribution in [2.24, 2.45) is 0 Å². The highest BCUT2D eigenvalue weighted by atomic mass is 32.2. The molecule has 14 heavy (non-hydrogen) atoms. The Hall–Kier alpha value is -0.490. The Morgan fingerprint density at radius 2 is 2.36 bits per heavy atom. The molecular formula is C8H15N3OS2. The highest BCUT2D eigenvalue weighted by Gasteiger charge is 2.07. The van der Waals surface area contributed by atoms with Crippen molar-refractivity contribution in [1.29, 1.82) is 0 Å². The maximum absolute atomic E-state index is 11.1. The van der Waals surface area contributed by atoms with Crippen molar-refractivity contribution in [2.45, 2.75) is 32.1 Å². The zero-order chi connectivity index (χ0) is 10.7. The van der Waals surface area contributed by atoms with Crippen LogP contribution in [0.25, 0.3) is 0 Å². The van der Waals surface area contributed by atoms with Gasteiger partial charge in [0.25, 0.3) is 0 Å². The second kappa shape index (κ2) is 4.84. The van der Waals surface area contributed by atoms with Gasteiger partial charge >= 0.3 is 0 Å². The fraction of sp³-hybridized carbons (Fsp3) is 0.750. The molecule has 0 aromatic carbocycles. The van der Waals surface area contributed by atoms with Gasteiger partial charge < -0.3 is 4.57 Å². The van der Waals surface area contributed by atoms with E-state index in [9.17, 15) is 4.21 Å². The highest BCUT2D eigenvalue weighted by Crippen LogP contribution is 2.04. The summed E-state index contributed by atoms with van der Waals surface area (Å²) in [7, 11) is -0.763. The SMILES string of the molecule is Cc1n[nH]c(=S)n1CCC(C)S(C)=O. The summed E-state index contributed by atoms with van der Waals surface area (Å²) < 4.78 is 13.7. The van der Waals surface area contributed by atoms with Crippen LogP contribution in [0.15, 0.2) is 0 Å². The zero-order valence-corrected chi connectivity index (χ0v) is 10.2. The van der Waals surface area contributed by atoms with Crippen molar-refractivity contribution in [3.63, 3.8) is 0 Å². The van der Waals surface area contributed by atoms with Crippen LogP contribution >= 0.6 is 12.2 Å². The third-order valence-corrected chi connectivity index (χ3v) is 3.96. The lowest BCUT2D eigenvalue weighted by atomic mass is 10.3. The fourth-order valence-corrected chi connectivity index (χ4v) is 1.84. The molecule has 2 atom stereocenters. The van der Waals surface area contributed by atoms with Crippen molar-refractivity contribution in [1.82, 2.24) is 14.8 Å². The van der Waals surface area contributed by atoms with E-state index < -0.39 is 10.8 Å². The summed E-state index contributed by atoms with van der Waals surface area (Å²) in [5, 5.41) is 6.94. The summed E-state index contributed by atoms with van der Waals surface area (Å²) in [4.78, 5) is 0. The van der Waals surface area contributed by atoms with Gasteiger partial charge in [0.1, 0.15) is 5.82 Å². The lowest BCUT2D eigenvalue weighted by Gasteiger charge is -2.08. The molecule has 0 aliphatic rings. The number of H-pyrrole nitrogens is 1. The number of hydrogen-bond donors (Lipinski definition) is 1. The van der Waals surface area contributed by atoms with Crippen LogP contribution in [0, 0.1) is 11.7 Å². The van der Waals surface area contributed by atoms with E-state index in [1.807, 2.05) is 18.4 Å². The van der Waals surface area contributed by atoms with Gasteiger partial charge in [0.15, 0.2) is 4.77 Å². The second-order valence-electron chi connectivity index (χ2n) is 3.33. The third kappa shape index (κ3) is 2.75. The molecule has 4 nitrogen and oxygen atoms in total. The van der Waals surface area contributed by atoms with Crippen LogP contribution in [0.5, 0.6) is 0 Å². The molecule has 0 aliphatic carbocycles. The quantitative estimate of drug-likeness (QED) is 0.800. The standard InChI is InChI=1S/C8H15N3OS2/c1-6(14(3)12)4-5-11-7(2)9-10-8(11)13/h6H,4-5H2,1-3H3,(H,10,13). The predicted octanol–water partition coefficient (Wildman–Crippen LogP) is 1.41. The summed E-state index contributed by atoms with van der Waals surface area (Å²) >= 11 is 5.06. The molecule has 1 aromatic heterocycles. The molecular weight excluding hydrogens is 218 g/mol. The van der Waals surface area contributed by atoms with Crippen molar-refractivity contribution in [3.05, 3.63) is 10.6 Å². The molecule has 6 heteroatoms. The molecule has 80 valence electrons. The van der Waals surface area contributed by atoms with Gasteiger partial charge in [-0.25, -0.2) is 0 Å². The molecule has 2 unspecified atom stereocenters. The molecule has 0 spiro atoms. The maximum Gasteiger partial charge on any atom is 0.195 e. The predicted molar refractivity (Wildman–Crippen MR) is 60.3 cm³/mol. The highest BCUT2D eigenvalue weighted by molar-refractivity contribution is 7.84. The number of hydrogen-bond acceptors (Lipinski definition) is 3. The van der Waals surface area contributed by atoms with E-state index in [2.05, 4.69) is 10.2 Å². The van der Waals surface area contributed by atoms with Crippen LogP contribution in [0.2, 0.25) is 0 Å². The Bertz CT molecular complexity index is 382. The number of rotatable bonds is 4. The molecule has 0 saturated heterocycles. The van der Waals surface area contributed by atoms with E-state index in [4.69, 9.17) is 12.2 Å². The molecule has 0 aliphatic heterocycles. The Labute approximate surface area is 91.2 Å². The van der Waals surface area contributed by atoms with E-state index in [1.165, 1.54) is 0 Å². The van der Waals surface area contributed by atoms with E-state index >= 15 is 0 Å². The van der Waals surface area contributed by atoms with Crippen LogP contribution in [0.4, 0.5) is 0 Å². The van der Waals surface area contributed by atoms with E-state index in [1.54, 1.807) is 6.26 Å². The Kier molecular flexibility index (Phi) is 4.00. The van der Waals surface area contributed by atoms with Crippen LogP contribution < -0.4 is 0 Å². The van der Waals surface area contributed by atoms with Crippen molar-refractivity contribution in [3.8, 4) is 0 Å². The molecule has 1 heterocycles. The normalized spacial score (nSPS) is 15.4. The van der Waals surface area contributed by atoms with Gasteiger partial charge in [0.2, 0.25) is 0 Å². The lowest BCUT2D eigenvalue weighted by Crippen LogP contribution is -2.13. The minimum absolute atomic E-state index is 0.200. The van der Waals surface area contributed by atoms with Crippen molar-refractivity contribution < 1.29 is 4.21 Å². The first-order valence-electron chi connectivity index (χ1n) is 4.46. The average Bonchev–Trinajstić information content (AvgIpc) is 2.43. The van der Waals surface area contributed by atoms with Gasteiger partial charge in [-0.05, 0) is 25.6 Å². The molecule has 0 amide bonds. The lowest BCUT2D eigenvalue weighted by molar-refractivity contribution is 0.603. The zero-order valence-electron chi connectivity index (χ0n) is 8.61. The summed E-state index contributed by atoms with van der Waals surface area (Å²) in [6.07, 6.45) is 2.59. The molecule has 0 bridgehead atoms. The first-order chi connectivity index (χ1) is 6.52. The molecule has 0 fully saturated rings. The van der Waals surface area contributed by atoms with Crippen molar-refractivity contribution in [2.75, 3.05) is 6.26 Å². The summed E-state index contributed by atoms with van der Waals surface area (Å²) in [6.45, 7) is 4.66. The third-order valence-electron chi connectivity index (χ3n) is 2.27. The Morgan fingerprint density at radius 1 is 1.71 bits per heavy atom. The minimum Gasteiger partial charge on any atom is -0.304 e. The van der Waals surface area contributed by atoms with E-state index in [-0.39, 0.29) is 5.25 Å². The van der Waals surface area contributed by atoms with Gasteiger partial charge in [-0.3, -0.25) is 9.31 Å². The average molecular weight is 233 g/mol.